The first-order chi connectivity index (χ1) is 9.94. The van der Waals surface area contributed by atoms with Crippen molar-refractivity contribution in [2.24, 2.45) is 5.73 Å². The average molecular weight is 283 g/mol. The molecule has 5 nitrogen and oxygen atoms in total. The van der Waals surface area contributed by atoms with Gasteiger partial charge in [0.05, 0.1) is 0 Å². The van der Waals surface area contributed by atoms with Gasteiger partial charge in [0.25, 0.3) is 0 Å². The third-order valence-corrected chi connectivity index (χ3v) is 3.32. The van der Waals surface area contributed by atoms with E-state index in [0.29, 0.717) is 17.2 Å². The van der Waals surface area contributed by atoms with E-state index < -0.39 is 0 Å². The van der Waals surface area contributed by atoms with Gasteiger partial charge in [-0.05, 0) is 26.0 Å². The van der Waals surface area contributed by atoms with Gasteiger partial charge in [0.1, 0.15) is 11.4 Å². The van der Waals surface area contributed by atoms with E-state index >= 15 is 0 Å². The number of nitrogens with one attached hydrogen (secondary N) is 1. The number of rotatable bonds is 3. The molecular formula is C16H17N3O2. The van der Waals surface area contributed by atoms with E-state index in [1.807, 2.05) is 32.0 Å². The Morgan fingerprint density at radius 2 is 2.19 bits per heavy atom. The maximum atomic E-state index is 7.46. The highest BCUT2D eigenvalue weighted by molar-refractivity contribution is 5.95. The van der Waals surface area contributed by atoms with Gasteiger partial charge in [-0.25, -0.2) is 4.98 Å². The van der Waals surface area contributed by atoms with Crippen LogP contribution in [0.5, 0.6) is 17.4 Å². The van der Waals surface area contributed by atoms with Crippen LogP contribution in [-0.4, -0.2) is 16.4 Å². The first kappa shape index (κ1) is 13.4. The zero-order valence-corrected chi connectivity index (χ0v) is 12.0. The van der Waals surface area contributed by atoms with Gasteiger partial charge >= 0.3 is 0 Å². The molecule has 0 amide bonds. The SMILES string of the molecule is CC1(C)Cc2cccc(Oc3cc(C(=N)N)ccn3)c2O1. The van der Waals surface area contributed by atoms with Gasteiger partial charge in [0, 0.05) is 29.8 Å². The highest BCUT2D eigenvalue weighted by atomic mass is 16.5. The first-order valence-corrected chi connectivity index (χ1v) is 6.74. The molecule has 3 rings (SSSR count). The maximum Gasteiger partial charge on any atom is 0.220 e. The number of pyridine rings is 1. The quantitative estimate of drug-likeness (QED) is 0.670. The van der Waals surface area contributed by atoms with Gasteiger partial charge in [0.2, 0.25) is 5.88 Å². The summed E-state index contributed by atoms with van der Waals surface area (Å²) < 4.78 is 11.8. The fourth-order valence-corrected chi connectivity index (χ4v) is 2.41. The van der Waals surface area contributed by atoms with E-state index in [-0.39, 0.29) is 11.4 Å². The number of hydrogen-bond acceptors (Lipinski definition) is 4. The predicted molar refractivity (Wildman–Crippen MR) is 80.2 cm³/mol. The van der Waals surface area contributed by atoms with Crippen LogP contribution in [0.25, 0.3) is 0 Å². The molecule has 3 N–H and O–H groups in total. The molecule has 0 fully saturated rings. The van der Waals surface area contributed by atoms with Crippen LogP contribution >= 0.6 is 0 Å². The Kier molecular flexibility index (Phi) is 3.05. The van der Waals surface area contributed by atoms with Crippen LogP contribution in [0.1, 0.15) is 25.0 Å². The molecule has 2 heterocycles. The molecular weight excluding hydrogens is 266 g/mol. The van der Waals surface area contributed by atoms with Crippen molar-refractivity contribution in [3.8, 4) is 17.4 Å². The number of amidine groups is 1. The molecule has 108 valence electrons. The number of fused-ring (bicyclic) bond motifs is 1. The van der Waals surface area contributed by atoms with E-state index in [1.54, 1.807) is 18.3 Å². The molecule has 1 aromatic heterocycles. The van der Waals surface area contributed by atoms with Crippen LogP contribution in [0.4, 0.5) is 0 Å². The molecule has 1 aliphatic heterocycles. The molecule has 0 aliphatic carbocycles. The van der Waals surface area contributed by atoms with Crippen LogP contribution in [0.15, 0.2) is 36.5 Å². The van der Waals surface area contributed by atoms with Gasteiger partial charge in [-0.2, -0.15) is 0 Å². The van der Waals surface area contributed by atoms with Crippen molar-refractivity contribution >= 4 is 5.84 Å². The highest BCUT2D eigenvalue weighted by Gasteiger charge is 2.32. The zero-order valence-electron chi connectivity index (χ0n) is 12.0. The Hall–Kier alpha value is -2.56. The Morgan fingerprint density at radius 1 is 1.38 bits per heavy atom. The summed E-state index contributed by atoms with van der Waals surface area (Å²) in [5.74, 6) is 1.77. The summed E-state index contributed by atoms with van der Waals surface area (Å²) in [6.45, 7) is 4.09. The summed E-state index contributed by atoms with van der Waals surface area (Å²) >= 11 is 0. The second-order valence-corrected chi connectivity index (χ2v) is 5.68. The minimum Gasteiger partial charge on any atom is -0.483 e. The Bertz CT molecular complexity index is 710. The average Bonchev–Trinajstić information content (AvgIpc) is 2.74. The summed E-state index contributed by atoms with van der Waals surface area (Å²) in [6, 6.07) is 9.14. The van der Waals surface area contributed by atoms with Crippen molar-refractivity contribution in [3.63, 3.8) is 0 Å². The summed E-state index contributed by atoms with van der Waals surface area (Å²) in [5.41, 5.74) is 6.95. The van der Waals surface area contributed by atoms with Crippen molar-refractivity contribution in [1.82, 2.24) is 4.98 Å². The van der Waals surface area contributed by atoms with E-state index in [0.717, 1.165) is 17.7 Å². The van der Waals surface area contributed by atoms with Crippen molar-refractivity contribution in [2.45, 2.75) is 25.9 Å². The molecule has 0 radical (unpaired) electrons. The van der Waals surface area contributed by atoms with Crippen LogP contribution in [-0.2, 0) is 6.42 Å². The Balaban J connectivity index is 1.92. The number of nitrogens with two attached hydrogens (primary N) is 1. The summed E-state index contributed by atoms with van der Waals surface area (Å²) in [5, 5.41) is 7.46. The largest absolute Gasteiger partial charge is 0.483 e. The van der Waals surface area contributed by atoms with Gasteiger partial charge in [-0.3, -0.25) is 5.41 Å². The van der Waals surface area contributed by atoms with Crippen molar-refractivity contribution in [2.75, 3.05) is 0 Å². The number of nitrogens with zero attached hydrogens (tertiary/aromatic N) is 1. The van der Waals surface area contributed by atoms with E-state index in [2.05, 4.69) is 4.98 Å². The molecule has 0 spiro atoms. The van der Waals surface area contributed by atoms with E-state index in [1.165, 1.54) is 0 Å². The number of aromatic nitrogens is 1. The van der Waals surface area contributed by atoms with Crippen LogP contribution < -0.4 is 15.2 Å². The fourth-order valence-electron chi connectivity index (χ4n) is 2.41. The van der Waals surface area contributed by atoms with Crippen molar-refractivity contribution in [3.05, 3.63) is 47.7 Å². The molecule has 0 bridgehead atoms. The number of ether oxygens (including phenoxy) is 2. The molecule has 0 unspecified atom stereocenters. The number of benzene rings is 1. The summed E-state index contributed by atoms with van der Waals surface area (Å²) in [6.07, 6.45) is 2.42. The minimum absolute atomic E-state index is 0.0158. The van der Waals surface area contributed by atoms with E-state index in [9.17, 15) is 0 Å². The Morgan fingerprint density at radius 3 is 2.95 bits per heavy atom. The van der Waals surface area contributed by atoms with Crippen molar-refractivity contribution < 1.29 is 9.47 Å². The Labute approximate surface area is 123 Å². The van der Waals surface area contributed by atoms with Gasteiger partial charge in [-0.15, -0.1) is 0 Å². The van der Waals surface area contributed by atoms with Crippen molar-refractivity contribution in [1.29, 1.82) is 5.41 Å². The second-order valence-electron chi connectivity index (χ2n) is 5.68. The second kappa shape index (κ2) is 4.77. The number of para-hydroxylation sites is 1. The third kappa shape index (κ3) is 2.67. The van der Waals surface area contributed by atoms with Gasteiger partial charge < -0.3 is 15.2 Å². The summed E-state index contributed by atoms with van der Waals surface area (Å²) in [7, 11) is 0. The van der Waals surface area contributed by atoms with E-state index in [4.69, 9.17) is 20.6 Å². The van der Waals surface area contributed by atoms with Gasteiger partial charge in [0.15, 0.2) is 11.5 Å². The number of hydrogen-bond donors (Lipinski definition) is 2. The molecule has 0 saturated heterocycles. The molecule has 1 aromatic carbocycles. The first-order valence-electron chi connectivity index (χ1n) is 6.74. The lowest BCUT2D eigenvalue weighted by atomic mass is 10.0. The molecule has 0 atom stereocenters. The highest BCUT2D eigenvalue weighted by Crippen LogP contribution is 2.43. The zero-order chi connectivity index (χ0) is 15.0. The third-order valence-electron chi connectivity index (χ3n) is 3.32. The number of nitrogen functional groups attached to an aromatic ring is 1. The lowest BCUT2D eigenvalue weighted by Crippen LogP contribution is -2.24. The standard InChI is InChI=1S/C16H17N3O2/c1-16(2)9-11-4-3-5-12(14(11)21-16)20-13-8-10(15(17)18)6-7-19-13/h3-8H,9H2,1-2H3,(H3,17,18). The van der Waals surface area contributed by atoms with Crippen LogP contribution in [0.3, 0.4) is 0 Å². The monoisotopic (exact) mass is 283 g/mol. The van der Waals surface area contributed by atoms with Crippen LogP contribution in [0.2, 0.25) is 0 Å². The smallest absolute Gasteiger partial charge is 0.220 e. The molecule has 5 heteroatoms. The summed E-state index contributed by atoms with van der Waals surface area (Å²) in [4.78, 5) is 4.15. The fraction of sp³-hybridized carbons (Fsp3) is 0.250. The maximum absolute atomic E-state index is 7.46. The molecule has 1 aliphatic rings. The predicted octanol–water partition coefficient (Wildman–Crippen LogP) is 2.87. The normalized spacial score (nSPS) is 15.1. The lowest BCUT2D eigenvalue weighted by Gasteiger charge is -2.18. The van der Waals surface area contributed by atoms with Crippen LogP contribution in [0, 0.1) is 5.41 Å². The lowest BCUT2D eigenvalue weighted by molar-refractivity contribution is 0.135. The molecule has 21 heavy (non-hydrogen) atoms. The van der Waals surface area contributed by atoms with Gasteiger partial charge in [-0.1, -0.05) is 12.1 Å². The minimum atomic E-state index is -0.226. The topological polar surface area (TPSA) is 81.2 Å². The molecule has 0 saturated carbocycles. The molecule has 2 aromatic rings.